The van der Waals surface area contributed by atoms with Crippen LogP contribution in [0.4, 0.5) is 5.69 Å². The fourth-order valence-electron chi connectivity index (χ4n) is 2.59. The quantitative estimate of drug-likeness (QED) is 0.640. The van der Waals surface area contributed by atoms with Gasteiger partial charge in [-0.1, -0.05) is 11.6 Å². The van der Waals surface area contributed by atoms with Crippen molar-refractivity contribution in [2.24, 2.45) is 5.10 Å². The van der Waals surface area contributed by atoms with E-state index in [1.165, 1.54) is 5.01 Å². The Balaban J connectivity index is 2.01. The second-order valence-electron chi connectivity index (χ2n) is 5.57. The molecule has 3 rings (SSSR count). The summed E-state index contributed by atoms with van der Waals surface area (Å²) in [6.45, 7) is 1.79. The largest absolute Gasteiger partial charge is 0.496 e. The van der Waals surface area contributed by atoms with E-state index in [2.05, 4.69) is 21.0 Å². The van der Waals surface area contributed by atoms with Crippen molar-refractivity contribution in [2.75, 3.05) is 19.2 Å². The highest BCUT2D eigenvalue weighted by Crippen LogP contribution is 2.35. The molecule has 1 aliphatic heterocycles. The van der Waals surface area contributed by atoms with Crippen molar-refractivity contribution in [1.82, 2.24) is 0 Å². The van der Waals surface area contributed by atoms with Gasteiger partial charge in [0.25, 0.3) is 5.91 Å². The Labute approximate surface area is 165 Å². The lowest BCUT2D eigenvalue weighted by atomic mass is 10.1. The second kappa shape index (κ2) is 7.51. The van der Waals surface area contributed by atoms with Crippen molar-refractivity contribution < 1.29 is 14.3 Å². The fourth-order valence-corrected chi connectivity index (χ4v) is 3.20. The minimum Gasteiger partial charge on any atom is -0.496 e. The Hall–Kier alpha value is -2.31. The second-order valence-corrected chi connectivity index (χ2v) is 6.86. The molecule has 5 nitrogen and oxygen atoms in total. The van der Waals surface area contributed by atoms with E-state index in [9.17, 15) is 4.79 Å². The van der Waals surface area contributed by atoms with E-state index in [4.69, 9.17) is 21.1 Å². The number of hydrogen-bond donors (Lipinski definition) is 0. The number of anilines is 1. The number of methoxy groups -OCH3 is 2. The molecule has 0 spiro atoms. The molecule has 1 heterocycles. The molecular weight excluding hydrogens is 420 g/mol. The summed E-state index contributed by atoms with van der Waals surface area (Å²) in [5, 5.41) is 6.33. The average molecular weight is 436 g/mol. The van der Waals surface area contributed by atoms with Gasteiger partial charge in [0.05, 0.1) is 35.7 Å². The predicted octanol–water partition coefficient (Wildman–Crippen LogP) is 4.93. The molecule has 0 N–H and O–H groups in total. The third-order valence-corrected chi connectivity index (χ3v) is 4.81. The van der Waals surface area contributed by atoms with Crippen molar-refractivity contribution >= 4 is 50.9 Å². The van der Waals surface area contributed by atoms with Crippen molar-refractivity contribution in [3.05, 3.63) is 57.0 Å². The lowest BCUT2D eigenvalue weighted by Crippen LogP contribution is -2.21. The molecule has 0 radical (unpaired) electrons. The normalized spacial score (nSPS) is 15.4. The molecule has 0 atom stereocenters. The third kappa shape index (κ3) is 3.48. The lowest BCUT2D eigenvalue weighted by Gasteiger charge is -2.12. The molecule has 0 aromatic heterocycles. The molecule has 134 valence electrons. The van der Waals surface area contributed by atoms with Gasteiger partial charge >= 0.3 is 0 Å². The fraction of sp³-hybridized carbons (Fsp3) is 0.158. The summed E-state index contributed by atoms with van der Waals surface area (Å²) in [6.07, 6.45) is 1.75. The number of hydrazone groups is 1. The highest BCUT2D eigenvalue weighted by molar-refractivity contribution is 9.10. The Morgan fingerprint density at radius 1 is 1.12 bits per heavy atom. The highest BCUT2D eigenvalue weighted by Gasteiger charge is 2.29. The number of carbonyl (C=O) groups is 1. The summed E-state index contributed by atoms with van der Waals surface area (Å²) in [5.41, 5.74) is 2.49. The molecule has 0 unspecified atom stereocenters. The van der Waals surface area contributed by atoms with Gasteiger partial charge in [0.2, 0.25) is 0 Å². The molecule has 2 aromatic carbocycles. The van der Waals surface area contributed by atoms with E-state index >= 15 is 0 Å². The first kappa shape index (κ1) is 18.5. The Morgan fingerprint density at radius 2 is 1.77 bits per heavy atom. The van der Waals surface area contributed by atoms with Crippen molar-refractivity contribution in [1.29, 1.82) is 0 Å². The van der Waals surface area contributed by atoms with E-state index in [1.54, 1.807) is 63.6 Å². The Bertz CT molecular complexity index is 923. The van der Waals surface area contributed by atoms with Gasteiger partial charge in [-0.25, -0.2) is 0 Å². The monoisotopic (exact) mass is 434 g/mol. The van der Waals surface area contributed by atoms with Crippen LogP contribution in [0.3, 0.4) is 0 Å². The van der Waals surface area contributed by atoms with Crippen LogP contribution in [0.2, 0.25) is 5.02 Å². The highest BCUT2D eigenvalue weighted by atomic mass is 79.9. The average Bonchev–Trinajstić information content (AvgIpc) is 2.91. The van der Waals surface area contributed by atoms with E-state index in [-0.39, 0.29) is 5.91 Å². The molecule has 7 heteroatoms. The number of ether oxygens (including phenoxy) is 2. The van der Waals surface area contributed by atoms with Crippen molar-refractivity contribution in [3.8, 4) is 11.5 Å². The first-order valence-corrected chi connectivity index (χ1v) is 8.90. The summed E-state index contributed by atoms with van der Waals surface area (Å²) in [4.78, 5) is 12.9. The van der Waals surface area contributed by atoms with Crippen molar-refractivity contribution in [3.63, 3.8) is 0 Å². The summed E-state index contributed by atoms with van der Waals surface area (Å²) in [7, 11) is 3.16. The maximum absolute atomic E-state index is 12.9. The number of benzene rings is 2. The van der Waals surface area contributed by atoms with Crippen LogP contribution in [0, 0.1) is 0 Å². The van der Waals surface area contributed by atoms with Crippen LogP contribution < -0.4 is 14.5 Å². The maximum Gasteiger partial charge on any atom is 0.280 e. The van der Waals surface area contributed by atoms with Gasteiger partial charge in [0.1, 0.15) is 11.5 Å². The number of halogens is 2. The van der Waals surface area contributed by atoms with Gasteiger partial charge in [0.15, 0.2) is 0 Å². The Morgan fingerprint density at radius 3 is 2.38 bits per heavy atom. The Kier molecular flexibility index (Phi) is 5.34. The molecule has 0 saturated carbocycles. The molecule has 0 fully saturated rings. The number of rotatable bonds is 4. The molecule has 1 amide bonds. The number of amides is 1. The molecule has 26 heavy (non-hydrogen) atoms. The van der Waals surface area contributed by atoms with Gasteiger partial charge < -0.3 is 9.47 Å². The van der Waals surface area contributed by atoms with Crippen LogP contribution in [-0.4, -0.2) is 25.8 Å². The van der Waals surface area contributed by atoms with Gasteiger partial charge in [-0.15, -0.1) is 0 Å². The first-order valence-electron chi connectivity index (χ1n) is 7.73. The molecule has 2 aromatic rings. The van der Waals surface area contributed by atoms with Crippen LogP contribution >= 0.6 is 27.5 Å². The van der Waals surface area contributed by atoms with Crippen molar-refractivity contribution in [2.45, 2.75) is 6.92 Å². The molecule has 0 bridgehead atoms. The van der Waals surface area contributed by atoms with Gasteiger partial charge in [-0.3, -0.25) is 4.79 Å². The van der Waals surface area contributed by atoms with Crippen LogP contribution in [0.25, 0.3) is 6.08 Å². The summed E-state index contributed by atoms with van der Waals surface area (Å²) >= 11 is 9.34. The maximum atomic E-state index is 12.9. The first-order chi connectivity index (χ1) is 12.4. The predicted molar refractivity (Wildman–Crippen MR) is 107 cm³/mol. The molecule has 0 aliphatic carbocycles. The molecule has 0 saturated heterocycles. The van der Waals surface area contributed by atoms with Crippen LogP contribution in [-0.2, 0) is 4.79 Å². The van der Waals surface area contributed by atoms with E-state index in [0.717, 1.165) is 10.0 Å². The zero-order valence-electron chi connectivity index (χ0n) is 14.4. The summed E-state index contributed by atoms with van der Waals surface area (Å²) in [5.74, 6) is 1.05. The summed E-state index contributed by atoms with van der Waals surface area (Å²) in [6, 6.07) is 10.6. The molecular formula is C19H16BrClN2O3. The SMILES string of the molecule is COc1cc(/C=C2/C(=O)N(c3ccc(Cl)cc3)N=C2C)c(OC)cc1Br. The summed E-state index contributed by atoms with van der Waals surface area (Å²) < 4.78 is 11.5. The third-order valence-electron chi connectivity index (χ3n) is 3.94. The zero-order chi connectivity index (χ0) is 18.8. The van der Waals surface area contributed by atoms with Gasteiger partial charge in [-0.2, -0.15) is 10.1 Å². The standard InChI is InChI=1S/C19H16BrClN2O3/c1-11-15(8-12-9-18(26-3)16(20)10-17(12)25-2)19(24)23(22-11)14-6-4-13(21)5-7-14/h4-10H,1-3H3/b15-8+. The minimum atomic E-state index is -0.214. The van der Waals surface area contributed by atoms with Crippen LogP contribution in [0.15, 0.2) is 51.5 Å². The number of nitrogens with zero attached hydrogens (tertiary/aromatic N) is 2. The number of carbonyl (C=O) groups excluding carboxylic acids is 1. The van der Waals surface area contributed by atoms with E-state index < -0.39 is 0 Å². The zero-order valence-corrected chi connectivity index (χ0v) is 16.8. The van der Waals surface area contributed by atoms with E-state index in [1.807, 2.05) is 0 Å². The smallest absolute Gasteiger partial charge is 0.280 e. The number of hydrogen-bond acceptors (Lipinski definition) is 4. The van der Waals surface area contributed by atoms with Gasteiger partial charge in [-0.05, 0) is 65.3 Å². The minimum absolute atomic E-state index is 0.214. The van der Waals surface area contributed by atoms with Gasteiger partial charge in [0, 0.05) is 10.6 Å². The lowest BCUT2D eigenvalue weighted by molar-refractivity contribution is -0.114. The van der Waals surface area contributed by atoms with Crippen LogP contribution in [0.5, 0.6) is 11.5 Å². The topological polar surface area (TPSA) is 51.1 Å². The van der Waals surface area contributed by atoms with Crippen LogP contribution in [0.1, 0.15) is 12.5 Å². The molecule has 1 aliphatic rings. The van der Waals surface area contributed by atoms with E-state index in [0.29, 0.717) is 33.5 Å².